The molecular formula is C17H21N3O2. The number of rotatable bonds is 7. The van der Waals surface area contributed by atoms with Crippen LogP contribution in [0, 0.1) is 0 Å². The maximum atomic E-state index is 12.5. The molecule has 0 aliphatic carbocycles. The van der Waals surface area contributed by atoms with E-state index in [-0.39, 0.29) is 5.91 Å². The first-order chi connectivity index (χ1) is 10.8. The summed E-state index contributed by atoms with van der Waals surface area (Å²) in [5.41, 5.74) is 2.13. The van der Waals surface area contributed by atoms with Crippen LogP contribution in [0.1, 0.15) is 35.6 Å². The van der Waals surface area contributed by atoms with Gasteiger partial charge in [-0.2, -0.15) is 0 Å². The van der Waals surface area contributed by atoms with Crippen molar-refractivity contribution in [1.29, 1.82) is 0 Å². The Morgan fingerprint density at radius 2 is 1.82 bits per heavy atom. The maximum Gasteiger partial charge on any atom is 0.272 e. The predicted molar refractivity (Wildman–Crippen MR) is 84.2 cm³/mol. The number of hydrogen-bond acceptors (Lipinski definition) is 4. The van der Waals surface area contributed by atoms with E-state index in [4.69, 9.17) is 4.74 Å². The summed E-state index contributed by atoms with van der Waals surface area (Å²) < 4.78 is 5.67. The Balaban J connectivity index is 2.03. The second-order valence-electron chi connectivity index (χ2n) is 4.80. The molecular weight excluding hydrogens is 278 g/mol. The fraction of sp³-hybridized carbons (Fsp3) is 0.353. The van der Waals surface area contributed by atoms with Crippen LogP contribution in [0.3, 0.4) is 0 Å². The van der Waals surface area contributed by atoms with E-state index in [1.165, 1.54) is 0 Å². The third-order valence-electron chi connectivity index (χ3n) is 3.38. The minimum Gasteiger partial charge on any atom is -0.370 e. The van der Waals surface area contributed by atoms with Crippen molar-refractivity contribution in [2.45, 2.75) is 27.1 Å². The fourth-order valence-corrected chi connectivity index (χ4v) is 2.16. The first-order valence-corrected chi connectivity index (χ1v) is 7.47. The monoisotopic (exact) mass is 299 g/mol. The van der Waals surface area contributed by atoms with E-state index in [0.29, 0.717) is 32.0 Å². The molecule has 0 aliphatic rings. The molecule has 0 N–H and O–H groups in total. The second kappa shape index (κ2) is 8.24. The second-order valence-corrected chi connectivity index (χ2v) is 4.80. The third-order valence-corrected chi connectivity index (χ3v) is 3.38. The highest BCUT2D eigenvalue weighted by Gasteiger charge is 2.17. The molecule has 0 spiro atoms. The number of carbonyl (C=O) groups is 1. The van der Waals surface area contributed by atoms with Crippen molar-refractivity contribution in [3.8, 4) is 0 Å². The van der Waals surface area contributed by atoms with Gasteiger partial charge in [-0.05, 0) is 32.0 Å². The number of amides is 1. The van der Waals surface area contributed by atoms with E-state index in [9.17, 15) is 4.79 Å². The number of pyridine rings is 2. The molecule has 0 radical (unpaired) electrons. The summed E-state index contributed by atoms with van der Waals surface area (Å²) in [6.07, 6.45) is 3.37. The van der Waals surface area contributed by atoms with E-state index < -0.39 is 0 Å². The Morgan fingerprint density at radius 3 is 2.50 bits per heavy atom. The van der Waals surface area contributed by atoms with Crippen molar-refractivity contribution in [3.05, 3.63) is 59.7 Å². The summed E-state index contributed by atoms with van der Waals surface area (Å²) in [4.78, 5) is 22.7. The first kappa shape index (κ1) is 16.1. The van der Waals surface area contributed by atoms with Crippen LogP contribution in [0.15, 0.2) is 42.7 Å². The van der Waals surface area contributed by atoms with Crippen LogP contribution in [-0.2, 0) is 18.0 Å². The maximum absolute atomic E-state index is 12.5. The van der Waals surface area contributed by atoms with Crippen molar-refractivity contribution in [2.75, 3.05) is 13.1 Å². The number of hydrogen-bond donors (Lipinski definition) is 0. The molecule has 1 amide bonds. The smallest absolute Gasteiger partial charge is 0.272 e. The standard InChI is InChI=1S/C17H21N3O2/c1-3-20(4-2)17(21)16-14(8-7-11-19-16)12-22-13-15-9-5-6-10-18-15/h5-11H,3-4,12-13H2,1-2H3. The van der Waals surface area contributed by atoms with E-state index in [0.717, 1.165) is 11.3 Å². The Kier molecular flexibility index (Phi) is 6.03. The van der Waals surface area contributed by atoms with Gasteiger partial charge in [0.15, 0.2) is 0 Å². The van der Waals surface area contributed by atoms with Gasteiger partial charge in [0.05, 0.1) is 18.9 Å². The lowest BCUT2D eigenvalue weighted by Crippen LogP contribution is -2.32. The Bertz CT molecular complexity index is 598. The molecule has 2 aromatic heterocycles. The van der Waals surface area contributed by atoms with Crippen LogP contribution in [0.4, 0.5) is 0 Å². The van der Waals surface area contributed by atoms with Gasteiger partial charge in [-0.25, -0.2) is 0 Å². The summed E-state index contributed by atoms with van der Waals surface area (Å²) in [7, 11) is 0. The van der Waals surface area contributed by atoms with Gasteiger partial charge in [0, 0.05) is 31.0 Å². The first-order valence-electron chi connectivity index (χ1n) is 7.47. The number of ether oxygens (including phenoxy) is 1. The topological polar surface area (TPSA) is 55.3 Å². The molecule has 0 atom stereocenters. The number of nitrogens with zero attached hydrogens (tertiary/aromatic N) is 3. The highest BCUT2D eigenvalue weighted by molar-refractivity contribution is 5.93. The normalized spacial score (nSPS) is 10.5. The average Bonchev–Trinajstić information content (AvgIpc) is 2.57. The molecule has 0 aliphatic heterocycles. The molecule has 2 rings (SSSR count). The summed E-state index contributed by atoms with van der Waals surface area (Å²) in [6, 6.07) is 9.39. The van der Waals surface area contributed by atoms with Gasteiger partial charge >= 0.3 is 0 Å². The lowest BCUT2D eigenvalue weighted by molar-refractivity contribution is 0.0750. The van der Waals surface area contributed by atoms with E-state index in [2.05, 4.69) is 9.97 Å². The fourth-order valence-electron chi connectivity index (χ4n) is 2.16. The third kappa shape index (κ3) is 4.11. The predicted octanol–water partition coefficient (Wildman–Crippen LogP) is 2.68. The number of aromatic nitrogens is 2. The van der Waals surface area contributed by atoms with Crippen molar-refractivity contribution in [1.82, 2.24) is 14.9 Å². The largest absolute Gasteiger partial charge is 0.370 e. The number of carbonyl (C=O) groups excluding carboxylic acids is 1. The summed E-state index contributed by atoms with van der Waals surface area (Å²) in [5.74, 6) is -0.0537. The van der Waals surface area contributed by atoms with Gasteiger partial charge in [0.25, 0.3) is 5.91 Å². The summed E-state index contributed by atoms with van der Waals surface area (Å²) in [5, 5.41) is 0. The molecule has 2 heterocycles. The Hall–Kier alpha value is -2.27. The Morgan fingerprint density at radius 1 is 1.05 bits per heavy atom. The molecule has 5 nitrogen and oxygen atoms in total. The highest BCUT2D eigenvalue weighted by atomic mass is 16.5. The molecule has 0 saturated heterocycles. The van der Waals surface area contributed by atoms with Crippen molar-refractivity contribution < 1.29 is 9.53 Å². The molecule has 22 heavy (non-hydrogen) atoms. The molecule has 0 bridgehead atoms. The molecule has 0 saturated carbocycles. The minimum absolute atomic E-state index is 0.0537. The molecule has 0 unspecified atom stereocenters. The molecule has 116 valence electrons. The van der Waals surface area contributed by atoms with Crippen LogP contribution >= 0.6 is 0 Å². The Labute approximate surface area is 131 Å². The molecule has 0 aromatic carbocycles. The zero-order chi connectivity index (χ0) is 15.8. The minimum atomic E-state index is -0.0537. The van der Waals surface area contributed by atoms with Gasteiger partial charge < -0.3 is 9.64 Å². The van der Waals surface area contributed by atoms with E-state index in [1.807, 2.05) is 44.2 Å². The van der Waals surface area contributed by atoms with Gasteiger partial charge in [-0.3, -0.25) is 14.8 Å². The van der Waals surface area contributed by atoms with Crippen LogP contribution in [0.5, 0.6) is 0 Å². The zero-order valence-electron chi connectivity index (χ0n) is 13.0. The van der Waals surface area contributed by atoms with E-state index in [1.54, 1.807) is 17.3 Å². The van der Waals surface area contributed by atoms with Crippen LogP contribution in [-0.4, -0.2) is 33.9 Å². The van der Waals surface area contributed by atoms with Crippen molar-refractivity contribution >= 4 is 5.91 Å². The van der Waals surface area contributed by atoms with Gasteiger partial charge in [-0.1, -0.05) is 12.1 Å². The lowest BCUT2D eigenvalue weighted by Gasteiger charge is -2.19. The van der Waals surface area contributed by atoms with Crippen molar-refractivity contribution in [3.63, 3.8) is 0 Å². The molecule has 2 aromatic rings. The van der Waals surface area contributed by atoms with Crippen LogP contribution in [0.2, 0.25) is 0 Å². The van der Waals surface area contributed by atoms with Gasteiger partial charge in [-0.15, -0.1) is 0 Å². The summed E-state index contributed by atoms with van der Waals surface area (Å²) >= 11 is 0. The van der Waals surface area contributed by atoms with Crippen molar-refractivity contribution in [2.24, 2.45) is 0 Å². The lowest BCUT2D eigenvalue weighted by atomic mass is 10.2. The zero-order valence-corrected chi connectivity index (χ0v) is 13.0. The van der Waals surface area contributed by atoms with Gasteiger partial charge in [0.1, 0.15) is 5.69 Å². The molecule has 0 fully saturated rings. The van der Waals surface area contributed by atoms with Crippen LogP contribution < -0.4 is 0 Å². The molecule has 5 heteroatoms. The average molecular weight is 299 g/mol. The quantitative estimate of drug-likeness (QED) is 0.788. The van der Waals surface area contributed by atoms with Crippen LogP contribution in [0.25, 0.3) is 0 Å². The SMILES string of the molecule is CCN(CC)C(=O)c1ncccc1COCc1ccccn1. The highest BCUT2D eigenvalue weighted by Crippen LogP contribution is 2.11. The summed E-state index contributed by atoms with van der Waals surface area (Å²) in [6.45, 7) is 6.00. The van der Waals surface area contributed by atoms with E-state index >= 15 is 0 Å². The van der Waals surface area contributed by atoms with Gasteiger partial charge in [0.2, 0.25) is 0 Å².